The van der Waals surface area contributed by atoms with Gasteiger partial charge in [-0.2, -0.15) is 11.8 Å². The highest BCUT2D eigenvalue weighted by Crippen LogP contribution is 2.10. The lowest BCUT2D eigenvalue weighted by Crippen LogP contribution is -2.27. The first kappa shape index (κ1) is 13.1. The maximum absolute atomic E-state index is 3.92. The quantitative estimate of drug-likeness (QED) is 0.478. The molecular weight excluding hydrogens is 178 g/mol. The van der Waals surface area contributed by atoms with Crippen LogP contribution < -0.4 is 5.32 Å². The van der Waals surface area contributed by atoms with E-state index in [2.05, 4.69) is 32.8 Å². The third-order valence-electron chi connectivity index (χ3n) is 2.00. The standard InChI is InChI=1S/C11H23NS/c1-5-8-13-9-11(12-4)7-6-10(2)3/h11-12H,2,5-9H2,1,3-4H3. The summed E-state index contributed by atoms with van der Waals surface area (Å²) in [6.45, 7) is 8.26. The number of rotatable bonds is 8. The monoisotopic (exact) mass is 201 g/mol. The highest BCUT2D eigenvalue weighted by atomic mass is 32.2. The van der Waals surface area contributed by atoms with Crippen LogP contribution in [0, 0.1) is 0 Å². The molecule has 0 aromatic rings. The number of hydrogen-bond donors (Lipinski definition) is 1. The summed E-state index contributed by atoms with van der Waals surface area (Å²) in [5.41, 5.74) is 1.29. The van der Waals surface area contributed by atoms with Gasteiger partial charge in [-0.25, -0.2) is 0 Å². The van der Waals surface area contributed by atoms with Crippen LogP contribution in [0.25, 0.3) is 0 Å². The van der Waals surface area contributed by atoms with Gasteiger partial charge in [-0.3, -0.25) is 0 Å². The highest BCUT2D eigenvalue weighted by Gasteiger charge is 2.04. The first-order chi connectivity index (χ1) is 6.20. The van der Waals surface area contributed by atoms with Crippen molar-refractivity contribution in [3.8, 4) is 0 Å². The lowest BCUT2D eigenvalue weighted by molar-refractivity contribution is 0.571. The predicted molar refractivity (Wildman–Crippen MR) is 64.5 cm³/mol. The first-order valence-electron chi connectivity index (χ1n) is 5.10. The smallest absolute Gasteiger partial charge is 0.0158 e. The fourth-order valence-electron chi connectivity index (χ4n) is 1.10. The lowest BCUT2D eigenvalue weighted by atomic mass is 10.1. The lowest BCUT2D eigenvalue weighted by Gasteiger charge is -2.15. The zero-order valence-corrected chi connectivity index (χ0v) is 10.0. The van der Waals surface area contributed by atoms with Gasteiger partial charge in [0.25, 0.3) is 0 Å². The molecule has 0 radical (unpaired) electrons. The van der Waals surface area contributed by atoms with E-state index in [9.17, 15) is 0 Å². The number of thioether (sulfide) groups is 1. The summed E-state index contributed by atoms with van der Waals surface area (Å²) < 4.78 is 0. The topological polar surface area (TPSA) is 12.0 Å². The molecule has 2 heteroatoms. The van der Waals surface area contributed by atoms with Crippen molar-refractivity contribution in [2.45, 2.75) is 39.2 Å². The summed E-state index contributed by atoms with van der Waals surface area (Å²) in [4.78, 5) is 0. The van der Waals surface area contributed by atoms with Gasteiger partial charge >= 0.3 is 0 Å². The summed E-state index contributed by atoms with van der Waals surface area (Å²) in [5.74, 6) is 2.52. The SMILES string of the molecule is C=C(C)CCC(CSCCC)NC. The van der Waals surface area contributed by atoms with Crippen LogP contribution in [0.5, 0.6) is 0 Å². The Bertz CT molecular complexity index is 134. The van der Waals surface area contributed by atoms with Crippen molar-refractivity contribution >= 4 is 11.8 Å². The Hall–Kier alpha value is 0.0500. The van der Waals surface area contributed by atoms with E-state index in [0.29, 0.717) is 6.04 Å². The minimum Gasteiger partial charge on any atom is -0.316 e. The molecule has 0 rings (SSSR count). The van der Waals surface area contributed by atoms with Crippen molar-refractivity contribution < 1.29 is 0 Å². The Labute approximate surface area is 87.4 Å². The van der Waals surface area contributed by atoms with Gasteiger partial charge in [-0.1, -0.05) is 12.5 Å². The Morgan fingerprint density at radius 1 is 1.54 bits per heavy atom. The molecule has 0 aliphatic rings. The fraction of sp³-hybridized carbons (Fsp3) is 0.818. The molecule has 0 aromatic heterocycles. The summed E-state index contributed by atoms with van der Waals surface area (Å²) in [6, 6.07) is 0.660. The summed E-state index contributed by atoms with van der Waals surface area (Å²) in [6.07, 6.45) is 3.66. The molecule has 1 atom stereocenters. The molecule has 0 aromatic carbocycles. The van der Waals surface area contributed by atoms with E-state index in [1.807, 2.05) is 11.8 Å². The minimum atomic E-state index is 0.660. The van der Waals surface area contributed by atoms with E-state index in [4.69, 9.17) is 0 Å². The fourth-order valence-corrected chi connectivity index (χ4v) is 2.17. The Balaban J connectivity index is 3.45. The zero-order valence-electron chi connectivity index (χ0n) is 9.23. The van der Waals surface area contributed by atoms with E-state index in [1.54, 1.807) is 0 Å². The van der Waals surface area contributed by atoms with E-state index in [0.717, 1.165) is 6.42 Å². The Morgan fingerprint density at radius 3 is 2.69 bits per heavy atom. The second-order valence-corrected chi connectivity index (χ2v) is 4.71. The van der Waals surface area contributed by atoms with Crippen LogP contribution in [0.3, 0.4) is 0 Å². The number of nitrogens with one attached hydrogen (secondary N) is 1. The van der Waals surface area contributed by atoms with Gasteiger partial charge in [0.15, 0.2) is 0 Å². The van der Waals surface area contributed by atoms with Gasteiger partial charge in [-0.05, 0) is 39.0 Å². The van der Waals surface area contributed by atoms with Crippen molar-refractivity contribution in [3.63, 3.8) is 0 Å². The number of allylic oxidation sites excluding steroid dienone is 1. The molecule has 1 nitrogen and oxygen atoms in total. The molecule has 1 N–H and O–H groups in total. The van der Waals surface area contributed by atoms with Crippen molar-refractivity contribution in [2.24, 2.45) is 0 Å². The molecule has 0 saturated carbocycles. The molecule has 0 aliphatic carbocycles. The van der Waals surface area contributed by atoms with Crippen LogP contribution in [0.2, 0.25) is 0 Å². The zero-order chi connectivity index (χ0) is 10.1. The van der Waals surface area contributed by atoms with Crippen LogP contribution in [0.15, 0.2) is 12.2 Å². The van der Waals surface area contributed by atoms with Crippen molar-refractivity contribution in [1.82, 2.24) is 5.32 Å². The van der Waals surface area contributed by atoms with E-state index in [-0.39, 0.29) is 0 Å². The van der Waals surface area contributed by atoms with E-state index in [1.165, 1.54) is 29.9 Å². The Morgan fingerprint density at radius 2 is 2.23 bits per heavy atom. The molecule has 1 unspecified atom stereocenters. The first-order valence-corrected chi connectivity index (χ1v) is 6.25. The summed E-state index contributed by atoms with van der Waals surface area (Å²) in [7, 11) is 2.05. The molecule has 78 valence electrons. The molecule has 0 saturated heterocycles. The molecule has 0 spiro atoms. The minimum absolute atomic E-state index is 0.660. The second-order valence-electron chi connectivity index (χ2n) is 3.56. The van der Waals surface area contributed by atoms with E-state index >= 15 is 0 Å². The van der Waals surface area contributed by atoms with Gasteiger partial charge in [0.2, 0.25) is 0 Å². The van der Waals surface area contributed by atoms with Crippen molar-refractivity contribution in [3.05, 3.63) is 12.2 Å². The van der Waals surface area contributed by atoms with Gasteiger partial charge in [0.1, 0.15) is 0 Å². The molecule has 0 aliphatic heterocycles. The van der Waals surface area contributed by atoms with Crippen molar-refractivity contribution in [2.75, 3.05) is 18.6 Å². The molecule has 0 fully saturated rings. The second kappa shape index (κ2) is 8.64. The van der Waals surface area contributed by atoms with Crippen LogP contribution in [-0.2, 0) is 0 Å². The van der Waals surface area contributed by atoms with Gasteiger partial charge in [0.05, 0.1) is 0 Å². The third kappa shape index (κ3) is 8.38. The molecular formula is C11H23NS. The Kier molecular flexibility index (Phi) is 8.67. The predicted octanol–water partition coefficient (Wildman–Crippen LogP) is 3.07. The van der Waals surface area contributed by atoms with Crippen LogP contribution in [0.4, 0.5) is 0 Å². The van der Waals surface area contributed by atoms with Gasteiger partial charge in [0, 0.05) is 11.8 Å². The van der Waals surface area contributed by atoms with Crippen LogP contribution in [0.1, 0.15) is 33.1 Å². The maximum Gasteiger partial charge on any atom is 0.0158 e. The average Bonchev–Trinajstić information content (AvgIpc) is 2.10. The van der Waals surface area contributed by atoms with Gasteiger partial charge < -0.3 is 5.32 Å². The normalized spacial score (nSPS) is 12.8. The van der Waals surface area contributed by atoms with Crippen LogP contribution in [-0.4, -0.2) is 24.6 Å². The molecule has 0 heterocycles. The molecule has 0 bridgehead atoms. The van der Waals surface area contributed by atoms with Crippen molar-refractivity contribution in [1.29, 1.82) is 0 Å². The van der Waals surface area contributed by atoms with Crippen LogP contribution >= 0.6 is 11.8 Å². The summed E-state index contributed by atoms with van der Waals surface area (Å²) >= 11 is 2.05. The highest BCUT2D eigenvalue weighted by molar-refractivity contribution is 7.99. The van der Waals surface area contributed by atoms with Gasteiger partial charge in [-0.15, -0.1) is 6.58 Å². The average molecular weight is 201 g/mol. The third-order valence-corrected chi connectivity index (χ3v) is 3.33. The largest absolute Gasteiger partial charge is 0.316 e. The summed E-state index contributed by atoms with van der Waals surface area (Å²) in [5, 5.41) is 3.35. The molecule has 13 heavy (non-hydrogen) atoms. The molecule has 0 amide bonds. The number of hydrogen-bond acceptors (Lipinski definition) is 2. The maximum atomic E-state index is 3.92. The van der Waals surface area contributed by atoms with E-state index < -0.39 is 0 Å².